The van der Waals surface area contributed by atoms with Crippen molar-refractivity contribution in [1.29, 1.82) is 0 Å². The van der Waals surface area contributed by atoms with Gasteiger partial charge in [-0.1, -0.05) is 36.7 Å². The number of nitrogens with one attached hydrogen (secondary N) is 2. The third-order valence-electron chi connectivity index (χ3n) is 4.53. The first kappa shape index (κ1) is 21.7. The molecule has 0 saturated heterocycles. The van der Waals surface area contributed by atoms with Crippen molar-refractivity contribution in [2.75, 3.05) is 31.3 Å². The summed E-state index contributed by atoms with van der Waals surface area (Å²) in [6.45, 7) is 3.85. The number of methoxy groups -OCH3 is 1. The Labute approximate surface area is 170 Å². The molecule has 0 unspecified atom stereocenters. The van der Waals surface area contributed by atoms with Crippen LogP contribution in [0.15, 0.2) is 42.5 Å². The van der Waals surface area contributed by atoms with Crippen molar-refractivity contribution in [3.63, 3.8) is 0 Å². The number of carbonyl (C=O) groups excluding carboxylic acids is 2. The topological polar surface area (TPSA) is 70.7 Å². The molecular weight excluding hydrogens is 378 g/mol. The zero-order valence-electron chi connectivity index (χ0n) is 16.6. The fourth-order valence-corrected chi connectivity index (χ4v) is 2.89. The molecule has 2 aromatic carbocycles. The number of para-hydroxylation sites is 1. The average molecular weight is 404 g/mol. The maximum Gasteiger partial charge on any atom is 0.241 e. The predicted molar refractivity (Wildman–Crippen MR) is 113 cm³/mol. The minimum Gasteiger partial charge on any atom is -0.495 e. The number of nitrogens with zero attached hydrogens (tertiary/aromatic N) is 1. The van der Waals surface area contributed by atoms with Gasteiger partial charge in [-0.05, 0) is 50.2 Å². The molecule has 6 nitrogen and oxygen atoms in total. The summed E-state index contributed by atoms with van der Waals surface area (Å²) < 4.78 is 5.24. The second kappa shape index (κ2) is 10.1. The molecule has 0 aliphatic heterocycles. The molecule has 7 heteroatoms. The van der Waals surface area contributed by atoms with E-state index in [0.717, 1.165) is 17.7 Å². The summed E-state index contributed by atoms with van der Waals surface area (Å²) in [4.78, 5) is 26.7. The fraction of sp³-hybridized carbons (Fsp3) is 0.333. The van der Waals surface area contributed by atoms with E-state index in [1.165, 1.54) is 7.11 Å². The normalized spacial score (nSPS) is 11.8. The van der Waals surface area contributed by atoms with Crippen LogP contribution in [0.5, 0.6) is 5.75 Å². The van der Waals surface area contributed by atoms with Crippen molar-refractivity contribution < 1.29 is 14.3 Å². The molecule has 0 aliphatic rings. The molecule has 0 fully saturated rings. The third-order valence-corrected chi connectivity index (χ3v) is 4.76. The number of likely N-dealkylation sites (N-methyl/N-ethyl adjacent to an activating group) is 1. The van der Waals surface area contributed by atoms with Gasteiger partial charge in [-0.2, -0.15) is 0 Å². The van der Waals surface area contributed by atoms with Gasteiger partial charge >= 0.3 is 0 Å². The first-order valence-electron chi connectivity index (χ1n) is 9.08. The van der Waals surface area contributed by atoms with Crippen molar-refractivity contribution in [1.82, 2.24) is 4.90 Å². The number of amides is 2. The number of carbonyl (C=O) groups is 2. The van der Waals surface area contributed by atoms with E-state index in [2.05, 4.69) is 10.6 Å². The van der Waals surface area contributed by atoms with Gasteiger partial charge in [0.1, 0.15) is 5.75 Å². The Hall–Kier alpha value is -2.57. The van der Waals surface area contributed by atoms with E-state index in [-0.39, 0.29) is 18.4 Å². The Morgan fingerprint density at radius 1 is 1.14 bits per heavy atom. The number of halogens is 1. The Kier molecular flexibility index (Phi) is 7.84. The molecule has 0 radical (unpaired) electrons. The highest BCUT2D eigenvalue weighted by Crippen LogP contribution is 2.27. The number of rotatable bonds is 8. The van der Waals surface area contributed by atoms with E-state index in [0.29, 0.717) is 16.5 Å². The van der Waals surface area contributed by atoms with Crippen LogP contribution in [0.4, 0.5) is 11.4 Å². The van der Waals surface area contributed by atoms with Gasteiger partial charge in [-0.3, -0.25) is 14.5 Å². The Bertz CT molecular complexity index is 841. The number of anilines is 2. The largest absolute Gasteiger partial charge is 0.495 e. The quantitative estimate of drug-likeness (QED) is 0.703. The maximum absolute atomic E-state index is 12.6. The number of ether oxygens (including phenoxy) is 1. The van der Waals surface area contributed by atoms with Crippen LogP contribution in [-0.2, 0) is 16.0 Å². The van der Waals surface area contributed by atoms with E-state index in [1.54, 1.807) is 37.1 Å². The summed E-state index contributed by atoms with van der Waals surface area (Å²) in [7, 11) is 3.25. The summed E-state index contributed by atoms with van der Waals surface area (Å²) in [6.07, 6.45) is 0.826. The highest BCUT2D eigenvalue weighted by atomic mass is 35.5. The van der Waals surface area contributed by atoms with E-state index < -0.39 is 6.04 Å². The van der Waals surface area contributed by atoms with E-state index in [1.807, 2.05) is 31.2 Å². The number of hydrogen-bond acceptors (Lipinski definition) is 4. The van der Waals surface area contributed by atoms with Crippen molar-refractivity contribution in [3.8, 4) is 5.75 Å². The van der Waals surface area contributed by atoms with Gasteiger partial charge in [0.25, 0.3) is 0 Å². The van der Waals surface area contributed by atoms with Crippen LogP contribution in [0.1, 0.15) is 19.4 Å². The molecule has 0 heterocycles. The second-order valence-corrected chi connectivity index (χ2v) is 6.92. The summed E-state index contributed by atoms with van der Waals surface area (Å²) in [5.74, 6) is 0.0785. The zero-order chi connectivity index (χ0) is 20.7. The zero-order valence-corrected chi connectivity index (χ0v) is 17.3. The van der Waals surface area contributed by atoms with Crippen LogP contribution >= 0.6 is 11.6 Å². The summed E-state index contributed by atoms with van der Waals surface area (Å²) >= 11 is 6.00. The molecule has 1 atom stereocenters. The molecule has 0 aromatic heterocycles. The lowest BCUT2D eigenvalue weighted by atomic mass is 10.1. The maximum atomic E-state index is 12.6. The molecule has 2 aromatic rings. The van der Waals surface area contributed by atoms with Gasteiger partial charge in [0, 0.05) is 10.7 Å². The third kappa shape index (κ3) is 5.71. The van der Waals surface area contributed by atoms with Crippen LogP contribution in [0, 0.1) is 0 Å². The van der Waals surface area contributed by atoms with Crippen LogP contribution in [0.2, 0.25) is 5.02 Å². The average Bonchev–Trinajstić information content (AvgIpc) is 2.67. The van der Waals surface area contributed by atoms with Crippen LogP contribution < -0.4 is 15.4 Å². The molecule has 2 rings (SSSR count). The van der Waals surface area contributed by atoms with Gasteiger partial charge < -0.3 is 15.4 Å². The van der Waals surface area contributed by atoms with E-state index >= 15 is 0 Å². The molecule has 0 spiro atoms. The van der Waals surface area contributed by atoms with Crippen LogP contribution in [0.3, 0.4) is 0 Å². The monoisotopic (exact) mass is 403 g/mol. The standard InChI is InChI=1S/C21H26ClN3O3/c1-5-15-8-6-7-9-17(15)23-20(26)13-25(3)14(2)21(27)24-18-12-16(22)10-11-19(18)28-4/h6-12,14H,5,13H2,1-4H3,(H,23,26)(H,24,27)/t14-/m1/s1. The van der Waals surface area contributed by atoms with Gasteiger partial charge in [0.05, 0.1) is 25.4 Å². The van der Waals surface area contributed by atoms with Crippen molar-refractivity contribution >= 4 is 34.8 Å². The number of aryl methyl sites for hydroxylation is 1. The first-order valence-corrected chi connectivity index (χ1v) is 9.45. The molecule has 150 valence electrons. The van der Waals surface area contributed by atoms with Gasteiger partial charge in [0.2, 0.25) is 11.8 Å². The molecule has 0 aliphatic carbocycles. The Morgan fingerprint density at radius 3 is 2.54 bits per heavy atom. The van der Waals surface area contributed by atoms with E-state index in [9.17, 15) is 9.59 Å². The smallest absolute Gasteiger partial charge is 0.241 e. The molecule has 2 N–H and O–H groups in total. The Morgan fingerprint density at radius 2 is 1.86 bits per heavy atom. The lowest BCUT2D eigenvalue weighted by Gasteiger charge is -2.24. The molecule has 0 bridgehead atoms. The second-order valence-electron chi connectivity index (χ2n) is 6.48. The van der Waals surface area contributed by atoms with E-state index in [4.69, 9.17) is 16.3 Å². The van der Waals surface area contributed by atoms with Crippen molar-refractivity contribution in [2.45, 2.75) is 26.3 Å². The molecule has 28 heavy (non-hydrogen) atoms. The minimum absolute atomic E-state index is 0.0827. The van der Waals surface area contributed by atoms with Crippen LogP contribution in [0.25, 0.3) is 0 Å². The first-order chi connectivity index (χ1) is 13.3. The minimum atomic E-state index is -0.532. The predicted octanol–water partition coefficient (Wildman–Crippen LogP) is 3.81. The molecular formula is C21H26ClN3O3. The Balaban J connectivity index is 1.98. The molecule has 0 saturated carbocycles. The highest BCUT2D eigenvalue weighted by molar-refractivity contribution is 6.31. The fourth-order valence-electron chi connectivity index (χ4n) is 2.72. The van der Waals surface area contributed by atoms with Gasteiger partial charge in [0.15, 0.2) is 0 Å². The van der Waals surface area contributed by atoms with Crippen LogP contribution in [-0.4, -0.2) is 43.5 Å². The highest BCUT2D eigenvalue weighted by Gasteiger charge is 2.21. The summed E-state index contributed by atoms with van der Waals surface area (Å²) in [5.41, 5.74) is 2.35. The lowest BCUT2D eigenvalue weighted by Crippen LogP contribution is -2.43. The van der Waals surface area contributed by atoms with Gasteiger partial charge in [-0.25, -0.2) is 0 Å². The van der Waals surface area contributed by atoms with Crippen molar-refractivity contribution in [3.05, 3.63) is 53.1 Å². The summed E-state index contributed by atoms with van der Waals surface area (Å²) in [6, 6.07) is 12.1. The van der Waals surface area contributed by atoms with Crippen molar-refractivity contribution in [2.24, 2.45) is 0 Å². The number of benzene rings is 2. The summed E-state index contributed by atoms with van der Waals surface area (Å²) in [5, 5.41) is 6.21. The lowest BCUT2D eigenvalue weighted by molar-refractivity contribution is -0.122. The van der Waals surface area contributed by atoms with Gasteiger partial charge in [-0.15, -0.1) is 0 Å². The molecule has 2 amide bonds. The SMILES string of the molecule is CCc1ccccc1NC(=O)CN(C)[C@H](C)C(=O)Nc1cc(Cl)ccc1OC. The number of hydrogen-bond donors (Lipinski definition) is 2.